The lowest BCUT2D eigenvalue weighted by molar-refractivity contribution is 0.278. The summed E-state index contributed by atoms with van der Waals surface area (Å²) in [6.07, 6.45) is 5.21. The van der Waals surface area contributed by atoms with Gasteiger partial charge in [0.2, 0.25) is 0 Å². The number of aryl methyl sites for hydroxylation is 1. The summed E-state index contributed by atoms with van der Waals surface area (Å²) in [5.41, 5.74) is 2.50. The number of aromatic hydroxyl groups is 1. The second-order valence-electron chi connectivity index (χ2n) is 6.34. The van der Waals surface area contributed by atoms with Gasteiger partial charge in [0, 0.05) is 29.9 Å². The Morgan fingerprint density at radius 1 is 1.47 bits per heavy atom. The lowest BCUT2D eigenvalue weighted by Crippen LogP contribution is -2.27. The number of nitrogens with zero attached hydrogens (tertiary/aromatic N) is 1. The minimum atomic E-state index is -0.0893. The van der Waals surface area contributed by atoms with E-state index in [1.165, 1.54) is 12.8 Å². The third-order valence-corrected chi connectivity index (χ3v) is 4.14. The molecular weight excluding hydrogens is 240 g/mol. The van der Waals surface area contributed by atoms with Crippen LogP contribution in [0.5, 0.6) is 5.75 Å². The Bertz CT molecular complexity index is 458. The molecule has 1 aromatic rings. The van der Waals surface area contributed by atoms with Crippen LogP contribution in [-0.2, 0) is 13.2 Å². The van der Waals surface area contributed by atoms with E-state index in [-0.39, 0.29) is 12.4 Å². The first kappa shape index (κ1) is 14.3. The lowest BCUT2D eigenvalue weighted by Gasteiger charge is -2.19. The van der Waals surface area contributed by atoms with Gasteiger partial charge in [0.05, 0.1) is 12.3 Å². The number of aromatic nitrogens is 1. The molecule has 2 rings (SSSR count). The Morgan fingerprint density at radius 2 is 2.21 bits per heavy atom. The van der Waals surface area contributed by atoms with Gasteiger partial charge < -0.3 is 15.5 Å². The number of hydrogen-bond donors (Lipinski definition) is 3. The Kier molecular flexibility index (Phi) is 4.11. The Balaban J connectivity index is 2.05. The van der Waals surface area contributed by atoms with Gasteiger partial charge in [-0.3, -0.25) is 4.98 Å². The van der Waals surface area contributed by atoms with Gasteiger partial charge in [-0.15, -0.1) is 0 Å². The van der Waals surface area contributed by atoms with Crippen molar-refractivity contribution < 1.29 is 10.2 Å². The van der Waals surface area contributed by atoms with Crippen LogP contribution < -0.4 is 5.32 Å². The van der Waals surface area contributed by atoms with Gasteiger partial charge in [-0.2, -0.15) is 0 Å². The number of hydrogen-bond acceptors (Lipinski definition) is 4. The van der Waals surface area contributed by atoms with Crippen LogP contribution in [-0.4, -0.2) is 21.2 Å². The Hall–Kier alpha value is -1.13. The van der Waals surface area contributed by atoms with Crippen LogP contribution in [0.15, 0.2) is 6.20 Å². The first-order chi connectivity index (χ1) is 8.93. The van der Waals surface area contributed by atoms with Crippen LogP contribution in [0.1, 0.15) is 49.9 Å². The second kappa shape index (κ2) is 5.47. The number of nitrogens with one attached hydrogen (secondary N) is 1. The predicted molar refractivity (Wildman–Crippen MR) is 74.8 cm³/mol. The molecular formula is C15H24N2O2. The molecule has 0 radical (unpaired) electrons. The van der Waals surface area contributed by atoms with Crippen molar-refractivity contribution in [3.63, 3.8) is 0 Å². The van der Waals surface area contributed by atoms with Gasteiger partial charge in [-0.05, 0) is 31.6 Å². The van der Waals surface area contributed by atoms with Gasteiger partial charge in [-0.25, -0.2) is 0 Å². The van der Waals surface area contributed by atoms with E-state index in [0.29, 0.717) is 29.3 Å². The molecule has 0 amide bonds. The third kappa shape index (κ3) is 3.25. The van der Waals surface area contributed by atoms with Crippen LogP contribution in [0.4, 0.5) is 0 Å². The zero-order valence-electron chi connectivity index (χ0n) is 12.0. The summed E-state index contributed by atoms with van der Waals surface area (Å²) in [6, 6.07) is 0.495. The molecule has 0 aromatic carbocycles. The van der Waals surface area contributed by atoms with Gasteiger partial charge >= 0.3 is 0 Å². The smallest absolute Gasteiger partial charge is 0.141 e. The molecule has 3 N–H and O–H groups in total. The molecule has 1 atom stereocenters. The van der Waals surface area contributed by atoms with E-state index < -0.39 is 0 Å². The topological polar surface area (TPSA) is 65.4 Å². The summed E-state index contributed by atoms with van der Waals surface area (Å²) in [5.74, 6) is 0.205. The summed E-state index contributed by atoms with van der Waals surface area (Å²) in [5, 5.41) is 22.9. The van der Waals surface area contributed by atoms with E-state index in [1.807, 2.05) is 0 Å². The molecule has 1 aliphatic carbocycles. The molecule has 1 aliphatic rings. The number of rotatable bonds is 4. The summed E-state index contributed by atoms with van der Waals surface area (Å²) < 4.78 is 0. The summed E-state index contributed by atoms with van der Waals surface area (Å²) in [6.45, 7) is 6.86. The molecule has 1 heterocycles. The molecule has 1 aromatic heterocycles. The SMILES string of the molecule is Cc1ncc(CO)c(CNC2CCC(C)(C)C2)c1O. The second-order valence-corrected chi connectivity index (χ2v) is 6.34. The highest BCUT2D eigenvalue weighted by molar-refractivity contribution is 5.40. The summed E-state index contributed by atoms with van der Waals surface area (Å²) >= 11 is 0. The number of pyridine rings is 1. The molecule has 0 aliphatic heterocycles. The van der Waals surface area contributed by atoms with Crippen LogP contribution in [0.3, 0.4) is 0 Å². The molecule has 4 heteroatoms. The summed E-state index contributed by atoms with van der Waals surface area (Å²) in [4.78, 5) is 4.08. The lowest BCUT2D eigenvalue weighted by atomic mass is 9.92. The first-order valence-electron chi connectivity index (χ1n) is 6.93. The number of aliphatic hydroxyl groups is 1. The minimum Gasteiger partial charge on any atom is -0.506 e. The fourth-order valence-corrected chi connectivity index (χ4v) is 2.87. The highest BCUT2D eigenvalue weighted by Gasteiger charge is 2.30. The van der Waals surface area contributed by atoms with Crippen molar-refractivity contribution in [3.8, 4) is 5.75 Å². The van der Waals surface area contributed by atoms with E-state index in [4.69, 9.17) is 0 Å². The molecule has 0 saturated heterocycles. The van der Waals surface area contributed by atoms with E-state index in [0.717, 1.165) is 12.0 Å². The minimum absolute atomic E-state index is 0.0893. The molecule has 4 nitrogen and oxygen atoms in total. The van der Waals surface area contributed by atoms with Crippen LogP contribution in [0, 0.1) is 12.3 Å². The third-order valence-electron chi connectivity index (χ3n) is 4.14. The first-order valence-corrected chi connectivity index (χ1v) is 6.93. The maximum Gasteiger partial charge on any atom is 0.141 e. The van der Waals surface area contributed by atoms with Crippen LogP contribution in [0.25, 0.3) is 0 Å². The van der Waals surface area contributed by atoms with Crippen molar-refractivity contribution in [2.24, 2.45) is 5.41 Å². The predicted octanol–water partition coefficient (Wildman–Crippen LogP) is 2.26. The average molecular weight is 264 g/mol. The van der Waals surface area contributed by atoms with Crippen molar-refractivity contribution in [1.82, 2.24) is 10.3 Å². The van der Waals surface area contributed by atoms with Crippen LogP contribution >= 0.6 is 0 Å². The number of aliphatic hydroxyl groups excluding tert-OH is 1. The van der Waals surface area contributed by atoms with Crippen molar-refractivity contribution in [1.29, 1.82) is 0 Å². The quantitative estimate of drug-likeness (QED) is 0.780. The molecule has 1 unspecified atom stereocenters. The van der Waals surface area contributed by atoms with Gasteiger partial charge in [-0.1, -0.05) is 13.8 Å². The summed E-state index contributed by atoms with van der Waals surface area (Å²) in [7, 11) is 0. The Morgan fingerprint density at radius 3 is 2.79 bits per heavy atom. The highest BCUT2D eigenvalue weighted by Crippen LogP contribution is 2.37. The molecule has 0 spiro atoms. The zero-order valence-corrected chi connectivity index (χ0v) is 12.0. The van der Waals surface area contributed by atoms with Crippen molar-refractivity contribution >= 4 is 0 Å². The monoisotopic (exact) mass is 264 g/mol. The van der Waals surface area contributed by atoms with Crippen molar-refractivity contribution in [2.75, 3.05) is 0 Å². The molecule has 1 saturated carbocycles. The van der Waals surface area contributed by atoms with Gasteiger partial charge in [0.15, 0.2) is 0 Å². The van der Waals surface area contributed by atoms with E-state index >= 15 is 0 Å². The normalized spacial score (nSPS) is 21.8. The molecule has 1 fully saturated rings. The maximum absolute atomic E-state index is 10.1. The van der Waals surface area contributed by atoms with Crippen LogP contribution in [0.2, 0.25) is 0 Å². The average Bonchev–Trinajstić information content (AvgIpc) is 2.71. The zero-order chi connectivity index (χ0) is 14.0. The van der Waals surface area contributed by atoms with Crippen molar-refractivity contribution in [2.45, 2.75) is 59.2 Å². The van der Waals surface area contributed by atoms with E-state index in [2.05, 4.69) is 24.1 Å². The Labute approximate surface area is 114 Å². The molecule has 106 valence electrons. The highest BCUT2D eigenvalue weighted by atomic mass is 16.3. The molecule has 19 heavy (non-hydrogen) atoms. The van der Waals surface area contributed by atoms with E-state index in [1.54, 1.807) is 13.1 Å². The van der Waals surface area contributed by atoms with Gasteiger partial charge in [0.25, 0.3) is 0 Å². The van der Waals surface area contributed by atoms with Crippen molar-refractivity contribution in [3.05, 3.63) is 23.0 Å². The fraction of sp³-hybridized carbons (Fsp3) is 0.667. The largest absolute Gasteiger partial charge is 0.506 e. The molecule has 0 bridgehead atoms. The fourth-order valence-electron chi connectivity index (χ4n) is 2.87. The van der Waals surface area contributed by atoms with E-state index in [9.17, 15) is 10.2 Å². The maximum atomic E-state index is 10.1. The standard InChI is InChI=1S/C15H24N2O2/c1-10-14(19)13(11(9-18)7-16-10)8-17-12-4-5-15(2,3)6-12/h7,12,17-19H,4-6,8-9H2,1-3H3. The van der Waals surface area contributed by atoms with Gasteiger partial charge in [0.1, 0.15) is 5.75 Å².